The number of amides is 2. The summed E-state index contributed by atoms with van der Waals surface area (Å²) in [4.78, 5) is 27.6. The summed E-state index contributed by atoms with van der Waals surface area (Å²) in [5, 5.41) is 16.3. The highest BCUT2D eigenvalue weighted by atomic mass is 16.2. The SMILES string of the molecule is CN1CCN([C@@H]2CCCN(c3cnc(C#N)c(Nc4ccc(C5CCNCC5)cc4)n3)C2)C1=O. The average molecular weight is 461 g/mol. The molecule has 5 rings (SSSR count). The van der Waals surface area contributed by atoms with E-state index in [9.17, 15) is 10.1 Å². The molecule has 1 atom stereocenters. The molecule has 0 saturated carbocycles. The number of nitrogens with zero attached hydrogens (tertiary/aromatic N) is 6. The number of nitrogens with one attached hydrogen (secondary N) is 2. The van der Waals surface area contributed by atoms with Crippen molar-refractivity contribution in [2.24, 2.45) is 0 Å². The lowest BCUT2D eigenvalue weighted by Crippen LogP contribution is -2.49. The minimum atomic E-state index is 0.105. The summed E-state index contributed by atoms with van der Waals surface area (Å²) in [5.41, 5.74) is 2.52. The topological polar surface area (TPSA) is 100 Å². The van der Waals surface area contributed by atoms with Crippen molar-refractivity contribution >= 4 is 23.4 Å². The Bertz CT molecular complexity index is 1060. The van der Waals surface area contributed by atoms with Crippen molar-refractivity contribution in [3.63, 3.8) is 0 Å². The summed E-state index contributed by atoms with van der Waals surface area (Å²) in [5.74, 6) is 1.80. The highest BCUT2D eigenvalue weighted by molar-refractivity contribution is 5.76. The lowest BCUT2D eigenvalue weighted by molar-refractivity contribution is 0.175. The lowest BCUT2D eigenvalue weighted by atomic mass is 9.90. The summed E-state index contributed by atoms with van der Waals surface area (Å²) in [6.45, 7) is 5.27. The molecule has 9 nitrogen and oxygen atoms in total. The van der Waals surface area contributed by atoms with Crippen LogP contribution in [0.1, 0.15) is 42.9 Å². The summed E-state index contributed by atoms with van der Waals surface area (Å²) in [7, 11) is 1.85. The molecule has 34 heavy (non-hydrogen) atoms. The first-order chi connectivity index (χ1) is 16.6. The van der Waals surface area contributed by atoms with Crippen molar-refractivity contribution in [1.82, 2.24) is 25.1 Å². The second-order valence-electron chi connectivity index (χ2n) is 9.45. The van der Waals surface area contributed by atoms with Crippen LogP contribution < -0.4 is 15.5 Å². The number of hydrogen-bond donors (Lipinski definition) is 2. The third-order valence-electron chi connectivity index (χ3n) is 7.26. The van der Waals surface area contributed by atoms with Crippen LogP contribution in [0.3, 0.4) is 0 Å². The highest BCUT2D eigenvalue weighted by Gasteiger charge is 2.34. The van der Waals surface area contributed by atoms with Crippen molar-refractivity contribution in [3.8, 4) is 6.07 Å². The van der Waals surface area contributed by atoms with Gasteiger partial charge >= 0.3 is 6.03 Å². The Morgan fingerprint density at radius 2 is 1.91 bits per heavy atom. The molecule has 3 fully saturated rings. The number of likely N-dealkylation sites (N-methyl/N-ethyl adjacent to an activating group) is 1. The van der Waals surface area contributed by atoms with E-state index in [1.165, 1.54) is 5.56 Å². The fraction of sp³-hybridized carbons (Fsp3) is 0.520. The molecule has 3 saturated heterocycles. The van der Waals surface area contributed by atoms with E-state index in [0.717, 1.165) is 76.5 Å². The van der Waals surface area contributed by atoms with Gasteiger partial charge < -0.3 is 25.3 Å². The van der Waals surface area contributed by atoms with E-state index in [1.807, 2.05) is 11.9 Å². The van der Waals surface area contributed by atoms with Gasteiger partial charge in [0.05, 0.1) is 12.2 Å². The third-order valence-corrected chi connectivity index (χ3v) is 7.26. The predicted molar refractivity (Wildman–Crippen MR) is 131 cm³/mol. The molecule has 4 heterocycles. The number of rotatable bonds is 5. The number of carbonyl (C=O) groups excluding carboxylic acids is 1. The van der Waals surface area contributed by atoms with E-state index in [0.29, 0.717) is 11.7 Å². The average Bonchev–Trinajstić information content (AvgIpc) is 3.23. The Labute approximate surface area is 200 Å². The molecule has 1 aromatic carbocycles. The zero-order chi connectivity index (χ0) is 23.5. The molecule has 9 heteroatoms. The van der Waals surface area contributed by atoms with Crippen LogP contribution in [0.4, 0.5) is 22.1 Å². The van der Waals surface area contributed by atoms with Crippen molar-refractivity contribution in [2.45, 2.75) is 37.6 Å². The van der Waals surface area contributed by atoms with Gasteiger partial charge in [-0.2, -0.15) is 5.26 Å². The molecule has 2 amide bonds. The normalized spacial score (nSPS) is 21.6. The number of piperidine rings is 2. The molecule has 1 aromatic heterocycles. The lowest BCUT2D eigenvalue weighted by Gasteiger charge is -2.37. The first-order valence-electron chi connectivity index (χ1n) is 12.2. The molecular weight excluding hydrogens is 428 g/mol. The van der Waals surface area contributed by atoms with Gasteiger partial charge in [-0.05, 0) is 62.4 Å². The molecule has 0 spiro atoms. The van der Waals surface area contributed by atoms with Gasteiger partial charge in [-0.1, -0.05) is 12.1 Å². The van der Waals surface area contributed by atoms with Crippen LogP contribution in [0.25, 0.3) is 0 Å². The van der Waals surface area contributed by atoms with Gasteiger partial charge in [-0.25, -0.2) is 14.8 Å². The fourth-order valence-corrected chi connectivity index (χ4v) is 5.26. The fourth-order valence-electron chi connectivity index (χ4n) is 5.26. The van der Waals surface area contributed by atoms with E-state index in [-0.39, 0.29) is 17.8 Å². The van der Waals surface area contributed by atoms with Crippen LogP contribution in [0, 0.1) is 11.3 Å². The molecule has 0 radical (unpaired) electrons. The van der Waals surface area contributed by atoms with Crippen molar-refractivity contribution < 1.29 is 4.79 Å². The van der Waals surface area contributed by atoms with Gasteiger partial charge in [-0.3, -0.25) is 0 Å². The maximum Gasteiger partial charge on any atom is 0.320 e. The summed E-state index contributed by atoms with van der Waals surface area (Å²) >= 11 is 0. The smallest absolute Gasteiger partial charge is 0.320 e. The van der Waals surface area contributed by atoms with Gasteiger partial charge in [0.15, 0.2) is 11.5 Å². The third kappa shape index (κ3) is 4.64. The number of urea groups is 1. The number of nitriles is 1. The van der Waals surface area contributed by atoms with E-state index >= 15 is 0 Å². The number of anilines is 3. The molecular formula is C25H32N8O. The van der Waals surface area contributed by atoms with Gasteiger partial charge in [0, 0.05) is 38.9 Å². The van der Waals surface area contributed by atoms with Gasteiger partial charge in [0.2, 0.25) is 0 Å². The second-order valence-corrected chi connectivity index (χ2v) is 9.45. The van der Waals surface area contributed by atoms with Crippen LogP contribution in [0.2, 0.25) is 0 Å². The Morgan fingerprint density at radius 1 is 1.12 bits per heavy atom. The Morgan fingerprint density at radius 3 is 2.62 bits per heavy atom. The molecule has 0 unspecified atom stereocenters. The number of hydrogen-bond acceptors (Lipinski definition) is 7. The van der Waals surface area contributed by atoms with E-state index in [4.69, 9.17) is 4.98 Å². The quantitative estimate of drug-likeness (QED) is 0.708. The second kappa shape index (κ2) is 9.85. The summed E-state index contributed by atoms with van der Waals surface area (Å²) in [6, 6.07) is 10.9. The molecule has 2 N–H and O–H groups in total. The maximum absolute atomic E-state index is 12.5. The number of carbonyl (C=O) groups is 1. The maximum atomic E-state index is 12.5. The van der Waals surface area contributed by atoms with Crippen molar-refractivity contribution in [2.75, 3.05) is 56.5 Å². The first-order valence-corrected chi connectivity index (χ1v) is 12.2. The Hall–Kier alpha value is -3.38. The monoisotopic (exact) mass is 460 g/mol. The zero-order valence-electron chi connectivity index (χ0n) is 19.7. The van der Waals surface area contributed by atoms with Crippen LogP contribution in [0.15, 0.2) is 30.5 Å². The molecule has 3 aliphatic heterocycles. The molecule has 2 aromatic rings. The largest absolute Gasteiger partial charge is 0.353 e. The van der Waals surface area contributed by atoms with Gasteiger partial charge in [0.1, 0.15) is 11.9 Å². The molecule has 178 valence electrons. The van der Waals surface area contributed by atoms with Crippen molar-refractivity contribution in [1.29, 1.82) is 5.26 Å². The predicted octanol–water partition coefficient (Wildman–Crippen LogP) is 2.90. The van der Waals surface area contributed by atoms with Crippen LogP contribution >= 0.6 is 0 Å². The van der Waals surface area contributed by atoms with Gasteiger partial charge in [0.25, 0.3) is 0 Å². The number of aromatic nitrogens is 2. The van der Waals surface area contributed by atoms with Gasteiger partial charge in [-0.15, -0.1) is 0 Å². The zero-order valence-corrected chi connectivity index (χ0v) is 19.7. The molecule has 0 bridgehead atoms. The van der Waals surface area contributed by atoms with Crippen molar-refractivity contribution in [3.05, 3.63) is 41.7 Å². The van der Waals surface area contributed by atoms with Crippen LogP contribution in [0.5, 0.6) is 0 Å². The summed E-state index contributed by atoms with van der Waals surface area (Å²) < 4.78 is 0. The van der Waals surface area contributed by atoms with Crippen LogP contribution in [-0.4, -0.2) is 78.2 Å². The van der Waals surface area contributed by atoms with E-state index < -0.39 is 0 Å². The number of benzene rings is 1. The minimum absolute atomic E-state index is 0.105. The van der Waals surface area contributed by atoms with Crippen LogP contribution in [-0.2, 0) is 0 Å². The minimum Gasteiger partial charge on any atom is -0.353 e. The summed E-state index contributed by atoms with van der Waals surface area (Å²) in [6.07, 6.45) is 5.98. The highest BCUT2D eigenvalue weighted by Crippen LogP contribution is 2.28. The van der Waals surface area contributed by atoms with E-state index in [1.54, 1.807) is 11.1 Å². The van der Waals surface area contributed by atoms with E-state index in [2.05, 4.69) is 50.9 Å². The standard InChI is InChI=1S/C25H32N8O/c1-31-13-14-33(25(31)34)21-3-2-12-32(17-21)23-16-28-22(15-26)24(30-23)29-20-6-4-18(5-7-20)19-8-10-27-11-9-19/h4-7,16,19,21,27H,2-3,8-14,17H2,1H3,(H,29,30)/t21-/m1/s1. The Kier molecular flexibility index (Phi) is 6.50. The first kappa shape index (κ1) is 22.4. The molecule has 3 aliphatic rings. The Balaban J connectivity index is 1.30. The molecule has 0 aliphatic carbocycles.